The van der Waals surface area contributed by atoms with Gasteiger partial charge >= 0.3 is 0 Å². The lowest BCUT2D eigenvalue weighted by molar-refractivity contribution is -0.136. The average molecular weight is 386 g/mol. The fourth-order valence-corrected chi connectivity index (χ4v) is 4.68. The molecule has 1 amide bonds. The number of rotatable bonds is 4. The van der Waals surface area contributed by atoms with Crippen molar-refractivity contribution >= 4 is 5.91 Å². The van der Waals surface area contributed by atoms with E-state index in [9.17, 15) is 4.79 Å². The van der Waals surface area contributed by atoms with E-state index in [4.69, 9.17) is 15.2 Å². The van der Waals surface area contributed by atoms with Crippen LogP contribution in [0.1, 0.15) is 31.2 Å². The van der Waals surface area contributed by atoms with Gasteiger partial charge in [-0.05, 0) is 43.4 Å². The molecule has 2 saturated heterocycles. The molecule has 28 heavy (non-hydrogen) atoms. The summed E-state index contributed by atoms with van der Waals surface area (Å²) in [6, 6.07) is 6.71. The Morgan fingerprint density at radius 3 is 2.68 bits per heavy atom. The molecule has 5 rings (SSSR count). The number of hydrogen-bond donors (Lipinski definition) is 1. The van der Waals surface area contributed by atoms with E-state index in [0.717, 1.165) is 76.6 Å². The van der Waals surface area contributed by atoms with Crippen molar-refractivity contribution in [3.05, 3.63) is 23.8 Å². The summed E-state index contributed by atoms with van der Waals surface area (Å²) in [7, 11) is 0. The molecule has 1 atom stereocenters. The van der Waals surface area contributed by atoms with E-state index < -0.39 is 5.54 Å². The molecule has 0 radical (unpaired) electrons. The smallest absolute Gasteiger partial charge is 0.242 e. The number of nitrogens with two attached hydrogens (primary N) is 1. The van der Waals surface area contributed by atoms with Crippen LogP contribution < -0.4 is 15.2 Å². The zero-order chi connectivity index (χ0) is 19.1. The number of piperazine rings is 1. The van der Waals surface area contributed by atoms with Gasteiger partial charge in [0.05, 0.1) is 5.54 Å². The summed E-state index contributed by atoms with van der Waals surface area (Å²) < 4.78 is 10.9. The van der Waals surface area contributed by atoms with E-state index in [1.807, 2.05) is 11.0 Å². The molecule has 4 aliphatic rings. The van der Waals surface area contributed by atoms with Gasteiger partial charge in [0.1, 0.15) is 0 Å². The van der Waals surface area contributed by atoms with Gasteiger partial charge in [-0.1, -0.05) is 6.07 Å². The third-order valence-corrected chi connectivity index (χ3v) is 6.66. The van der Waals surface area contributed by atoms with Crippen LogP contribution in [0, 0.1) is 0 Å². The number of benzene rings is 1. The highest BCUT2D eigenvalue weighted by atomic mass is 16.7. The molecule has 152 valence electrons. The van der Waals surface area contributed by atoms with E-state index >= 15 is 0 Å². The largest absolute Gasteiger partial charge is 0.454 e. The lowest BCUT2D eigenvalue weighted by Gasteiger charge is -2.43. The molecule has 7 nitrogen and oxygen atoms in total. The number of fused-ring (bicyclic) bond motifs is 1. The minimum absolute atomic E-state index is 0.179. The Morgan fingerprint density at radius 1 is 1.11 bits per heavy atom. The Kier molecular flexibility index (Phi) is 4.69. The van der Waals surface area contributed by atoms with Gasteiger partial charge in [-0.3, -0.25) is 14.6 Å². The lowest BCUT2D eigenvalue weighted by atomic mass is 10.0. The highest BCUT2D eigenvalue weighted by molar-refractivity contribution is 5.89. The second kappa shape index (κ2) is 7.21. The first-order valence-electron chi connectivity index (χ1n) is 10.5. The van der Waals surface area contributed by atoms with Crippen molar-refractivity contribution in [2.75, 3.05) is 46.1 Å². The maximum atomic E-state index is 12.6. The maximum Gasteiger partial charge on any atom is 0.242 e. The number of hydrogen-bond acceptors (Lipinski definition) is 6. The summed E-state index contributed by atoms with van der Waals surface area (Å²) in [5.41, 5.74) is 6.87. The van der Waals surface area contributed by atoms with Gasteiger partial charge < -0.3 is 20.1 Å². The van der Waals surface area contributed by atoms with Gasteiger partial charge in [0.2, 0.25) is 12.7 Å². The number of ether oxygens (including phenoxy) is 2. The molecule has 2 N–H and O–H groups in total. The average Bonchev–Trinajstić information content (AvgIpc) is 3.31. The minimum atomic E-state index is -0.537. The van der Waals surface area contributed by atoms with Crippen molar-refractivity contribution < 1.29 is 14.3 Å². The highest BCUT2D eigenvalue weighted by Gasteiger charge is 2.49. The summed E-state index contributed by atoms with van der Waals surface area (Å²) in [4.78, 5) is 19.7. The summed E-state index contributed by atoms with van der Waals surface area (Å²) >= 11 is 0. The van der Waals surface area contributed by atoms with Gasteiger partial charge in [-0.2, -0.15) is 0 Å². The van der Waals surface area contributed by atoms with Crippen LogP contribution >= 0.6 is 0 Å². The second-order valence-corrected chi connectivity index (χ2v) is 8.70. The molecule has 3 fully saturated rings. The molecular weight excluding hydrogens is 356 g/mol. The van der Waals surface area contributed by atoms with Crippen LogP contribution in [0.2, 0.25) is 0 Å². The first kappa shape index (κ1) is 18.2. The minimum Gasteiger partial charge on any atom is -0.454 e. The summed E-state index contributed by atoms with van der Waals surface area (Å²) in [5.74, 6) is 1.88. The molecule has 1 unspecified atom stereocenters. The summed E-state index contributed by atoms with van der Waals surface area (Å²) in [6.07, 6.45) is 3.98. The number of carbonyl (C=O) groups is 1. The summed E-state index contributed by atoms with van der Waals surface area (Å²) in [5, 5.41) is 0. The third kappa shape index (κ3) is 3.58. The second-order valence-electron chi connectivity index (χ2n) is 8.70. The van der Waals surface area contributed by atoms with Gasteiger partial charge in [0, 0.05) is 51.9 Å². The zero-order valence-corrected chi connectivity index (χ0v) is 16.4. The number of nitrogens with zero attached hydrogens (tertiary/aromatic N) is 3. The van der Waals surface area contributed by atoms with E-state index in [2.05, 4.69) is 21.9 Å². The molecule has 3 heterocycles. The van der Waals surface area contributed by atoms with E-state index in [1.54, 1.807) is 0 Å². The van der Waals surface area contributed by atoms with Crippen LogP contribution in [0.4, 0.5) is 0 Å². The first-order chi connectivity index (χ1) is 13.6. The predicted octanol–water partition coefficient (Wildman–Crippen LogP) is 1.02. The molecule has 1 aromatic rings. The third-order valence-electron chi connectivity index (χ3n) is 6.66. The van der Waals surface area contributed by atoms with Crippen molar-refractivity contribution in [3.63, 3.8) is 0 Å². The normalized spacial score (nSPS) is 27.0. The number of likely N-dealkylation sites (tertiary alicyclic amines) is 1. The Hall–Kier alpha value is -1.83. The molecule has 1 aromatic carbocycles. The Labute approximate surface area is 166 Å². The molecule has 1 aliphatic carbocycles. The van der Waals surface area contributed by atoms with Crippen LogP contribution in [0.15, 0.2) is 18.2 Å². The van der Waals surface area contributed by atoms with Gasteiger partial charge in [0.25, 0.3) is 0 Å². The van der Waals surface area contributed by atoms with Crippen molar-refractivity contribution in [1.82, 2.24) is 14.7 Å². The van der Waals surface area contributed by atoms with Crippen molar-refractivity contribution in [2.24, 2.45) is 5.73 Å². The zero-order valence-electron chi connectivity index (χ0n) is 16.4. The van der Waals surface area contributed by atoms with Gasteiger partial charge in [0.15, 0.2) is 11.5 Å². The summed E-state index contributed by atoms with van der Waals surface area (Å²) in [6.45, 7) is 7.22. The number of piperidine rings is 1. The Morgan fingerprint density at radius 2 is 1.89 bits per heavy atom. The predicted molar refractivity (Wildman–Crippen MR) is 105 cm³/mol. The molecule has 0 aromatic heterocycles. The maximum absolute atomic E-state index is 12.6. The van der Waals surface area contributed by atoms with Crippen LogP contribution in [0.5, 0.6) is 11.5 Å². The van der Waals surface area contributed by atoms with Crippen molar-refractivity contribution in [1.29, 1.82) is 0 Å². The Balaban J connectivity index is 1.13. The van der Waals surface area contributed by atoms with Gasteiger partial charge in [-0.25, -0.2) is 0 Å². The lowest BCUT2D eigenvalue weighted by Crippen LogP contribution is -2.57. The SMILES string of the molecule is NC1(C(=O)N2CCCC(N3CCN(Cc4ccc5c(c4)OCO5)CC3)C2)CC1. The van der Waals surface area contributed by atoms with Gasteiger partial charge in [-0.15, -0.1) is 0 Å². The Bertz CT molecular complexity index is 743. The van der Waals surface area contributed by atoms with Crippen LogP contribution in [-0.2, 0) is 11.3 Å². The topological polar surface area (TPSA) is 71.3 Å². The number of amides is 1. The molecular formula is C21H30N4O3. The van der Waals surface area contributed by atoms with E-state index in [1.165, 1.54) is 12.0 Å². The van der Waals surface area contributed by atoms with Crippen molar-refractivity contribution in [3.8, 4) is 11.5 Å². The molecule has 0 bridgehead atoms. The van der Waals surface area contributed by atoms with Crippen LogP contribution in [-0.4, -0.2) is 78.2 Å². The van der Waals surface area contributed by atoms with Crippen LogP contribution in [0.3, 0.4) is 0 Å². The molecule has 0 spiro atoms. The number of carbonyl (C=O) groups excluding carboxylic acids is 1. The first-order valence-corrected chi connectivity index (χ1v) is 10.5. The monoisotopic (exact) mass is 386 g/mol. The quantitative estimate of drug-likeness (QED) is 0.833. The fraction of sp³-hybridized carbons (Fsp3) is 0.667. The molecule has 7 heteroatoms. The van der Waals surface area contributed by atoms with E-state index in [-0.39, 0.29) is 5.91 Å². The molecule has 1 saturated carbocycles. The highest BCUT2D eigenvalue weighted by Crippen LogP contribution is 2.35. The molecule has 3 aliphatic heterocycles. The standard InChI is InChI=1S/C21H30N4O3/c22-21(5-6-21)20(26)25-7-1-2-17(14-25)24-10-8-23(9-11-24)13-16-3-4-18-19(12-16)28-15-27-18/h3-4,12,17H,1-2,5-11,13-15,22H2. The van der Waals surface area contributed by atoms with E-state index in [0.29, 0.717) is 12.8 Å². The van der Waals surface area contributed by atoms with Crippen molar-refractivity contribution in [2.45, 2.75) is 43.8 Å². The fourth-order valence-electron chi connectivity index (χ4n) is 4.68. The van der Waals surface area contributed by atoms with Crippen LogP contribution in [0.25, 0.3) is 0 Å².